The minimum absolute atomic E-state index is 0.0393. The molecule has 29 heavy (non-hydrogen) atoms. The average molecular weight is 413 g/mol. The van der Waals surface area contributed by atoms with E-state index in [0.717, 1.165) is 0 Å². The smallest absolute Gasteiger partial charge is 0.221 e. The second-order valence-corrected chi connectivity index (χ2v) is 6.86. The molecule has 3 aromatic carbocycles. The summed E-state index contributed by atoms with van der Waals surface area (Å²) in [6.45, 7) is 2.68. The van der Waals surface area contributed by atoms with Crippen LogP contribution < -0.4 is 10.6 Å². The number of hydrogen-bond donors (Lipinski definition) is 3. The first-order chi connectivity index (χ1) is 13.8. The summed E-state index contributed by atoms with van der Waals surface area (Å²) in [5.74, 6) is -1.26. The van der Waals surface area contributed by atoms with Crippen LogP contribution in [0.5, 0.6) is 5.75 Å². The van der Waals surface area contributed by atoms with Crippen molar-refractivity contribution in [1.29, 1.82) is 0 Å². The molecule has 0 aromatic heterocycles. The lowest BCUT2D eigenvalue weighted by molar-refractivity contribution is -0.115. The van der Waals surface area contributed by atoms with Crippen LogP contribution in [-0.4, -0.2) is 16.9 Å². The van der Waals surface area contributed by atoms with Gasteiger partial charge in [0.15, 0.2) is 0 Å². The number of carbonyl (C=O) groups is 2. The number of anilines is 2. The zero-order chi connectivity index (χ0) is 21.1. The molecule has 0 bridgehead atoms. The Morgan fingerprint density at radius 1 is 0.862 bits per heavy atom. The van der Waals surface area contributed by atoms with Crippen LogP contribution in [0.3, 0.4) is 0 Å². The van der Waals surface area contributed by atoms with Gasteiger partial charge in [0.2, 0.25) is 11.8 Å². The number of carbonyl (C=O) groups excluding carboxylic acids is 2. The fourth-order valence-electron chi connectivity index (χ4n) is 2.96. The van der Waals surface area contributed by atoms with E-state index in [1.165, 1.54) is 26.0 Å². The van der Waals surface area contributed by atoms with Gasteiger partial charge in [-0.25, -0.2) is 4.39 Å². The Morgan fingerprint density at radius 2 is 1.38 bits per heavy atom. The predicted octanol–water partition coefficient (Wildman–Crippen LogP) is 5.44. The third kappa shape index (κ3) is 4.55. The topological polar surface area (TPSA) is 78.4 Å². The summed E-state index contributed by atoms with van der Waals surface area (Å²) >= 11 is 6.23. The van der Waals surface area contributed by atoms with Crippen LogP contribution in [0, 0.1) is 5.82 Å². The Labute approximate surface area is 172 Å². The molecule has 0 heterocycles. The van der Waals surface area contributed by atoms with Crippen LogP contribution >= 0.6 is 11.6 Å². The molecule has 0 aliphatic rings. The summed E-state index contributed by atoms with van der Waals surface area (Å²) in [5, 5.41) is 16.2. The molecule has 0 aliphatic heterocycles. The van der Waals surface area contributed by atoms with E-state index < -0.39 is 5.82 Å². The van der Waals surface area contributed by atoms with Crippen LogP contribution in [0.25, 0.3) is 22.3 Å². The summed E-state index contributed by atoms with van der Waals surface area (Å²) in [7, 11) is 0. The number of para-hydroxylation sites is 1. The number of phenols is 1. The maximum absolute atomic E-state index is 14.3. The molecule has 3 rings (SSSR count). The summed E-state index contributed by atoms with van der Waals surface area (Å²) in [6.07, 6.45) is 0. The van der Waals surface area contributed by atoms with E-state index in [-0.39, 0.29) is 23.3 Å². The zero-order valence-corrected chi connectivity index (χ0v) is 16.5. The van der Waals surface area contributed by atoms with Crippen LogP contribution in [0.1, 0.15) is 13.8 Å². The van der Waals surface area contributed by atoms with Crippen molar-refractivity contribution in [3.05, 3.63) is 65.4 Å². The van der Waals surface area contributed by atoms with E-state index in [9.17, 15) is 19.1 Å². The molecule has 7 heteroatoms. The SMILES string of the molecule is CC(=O)Nc1ccc(-c2cccc(-c3ccc(NC(C)=O)c(Cl)c3)c2O)cc1F. The van der Waals surface area contributed by atoms with Gasteiger partial charge in [0.25, 0.3) is 0 Å². The van der Waals surface area contributed by atoms with E-state index in [2.05, 4.69) is 10.6 Å². The van der Waals surface area contributed by atoms with E-state index in [1.807, 2.05) is 0 Å². The number of rotatable bonds is 4. The first-order valence-corrected chi connectivity index (χ1v) is 9.11. The molecule has 0 spiro atoms. The second kappa shape index (κ2) is 8.32. The van der Waals surface area contributed by atoms with Gasteiger partial charge in [-0.1, -0.05) is 41.9 Å². The number of halogens is 2. The third-order valence-corrected chi connectivity index (χ3v) is 4.53. The molecular formula is C22H18ClFN2O3. The maximum Gasteiger partial charge on any atom is 0.221 e. The minimum atomic E-state index is -0.606. The Balaban J connectivity index is 2.00. The van der Waals surface area contributed by atoms with E-state index in [4.69, 9.17) is 11.6 Å². The van der Waals surface area contributed by atoms with E-state index in [1.54, 1.807) is 42.5 Å². The Bertz CT molecular complexity index is 1030. The number of aromatic hydroxyl groups is 1. The number of phenolic OH excluding ortho intramolecular Hbond substituents is 1. The summed E-state index contributed by atoms with van der Waals surface area (Å²) in [5.41, 5.74) is 2.56. The number of nitrogens with one attached hydrogen (secondary N) is 2. The third-order valence-electron chi connectivity index (χ3n) is 4.22. The molecule has 148 valence electrons. The first kappa shape index (κ1) is 20.4. The second-order valence-electron chi connectivity index (χ2n) is 6.45. The normalized spacial score (nSPS) is 10.5. The van der Waals surface area contributed by atoms with Crippen LogP contribution in [0.15, 0.2) is 54.6 Å². The number of amides is 2. The predicted molar refractivity (Wildman–Crippen MR) is 113 cm³/mol. The Hall–Kier alpha value is -3.38. The van der Waals surface area contributed by atoms with Crippen molar-refractivity contribution >= 4 is 34.8 Å². The van der Waals surface area contributed by atoms with Crippen molar-refractivity contribution in [1.82, 2.24) is 0 Å². The molecule has 0 radical (unpaired) electrons. The van der Waals surface area contributed by atoms with E-state index in [0.29, 0.717) is 33.0 Å². The summed E-state index contributed by atoms with van der Waals surface area (Å²) in [6, 6.07) is 14.4. The van der Waals surface area contributed by atoms with Crippen molar-refractivity contribution < 1.29 is 19.1 Å². The summed E-state index contributed by atoms with van der Waals surface area (Å²) < 4.78 is 14.3. The highest BCUT2D eigenvalue weighted by Gasteiger charge is 2.14. The van der Waals surface area contributed by atoms with Gasteiger partial charge in [-0.2, -0.15) is 0 Å². The molecule has 0 saturated heterocycles. The van der Waals surface area contributed by atoms with Crippen LogP contribution in [0.2, 0.25) is 5.02 Å². The van der Waals surface area contributed by atoms with Crippen molar-refractivity contribution in [2.24, 2.45) is 0 Å². The molecule has 0 atom stereocenters. The molecule has 0 aliphatic carbocycles. The monoisotopic (exact) mass is 412 g/mol. The highest BCUT2D eigenvalue weighted by molar-refractivity contribution is 6.34. The Kier molecular flexibility index (Phi) is 5.84. The lowest BCUT2D eigenvalue weighted by Gasteiger charge is -2.13. The van der Waals surface area contributed by atoms with Gasteiger partial charge in [-0.05, 0) is 35.4 Å². The van der Waals surface area contributed by atoms with Gasteiger partial charge in [0, 0.05) is 25.0 Å². The zero-order valence-electron chi connectivity index (χ0n) is 15.7. The summed E-state index contributed by atoms with van der Waals surface area (Å²) in [4.78, 5) is 22.4. The number of benzene rings is 3. The highest BCUT2D eigenvalue weighted by Crippen LogP contribution is 2.40. The highest BCUT2D eigenvalue weighted by atomic mass is 35.5. The maximum atomic E-state index is 14.3. The van der Waals surface area contributed by atoms with Crippen molar-refractivity contribution in [3.8, 4) is 28.0 Å². The lowest BCUT2D eigenvalue weighted by atomic mass is 9.97. The molecule has 0 fully saturated rings. The van der Waals surface area contributed by atoms with Crippen molar-refractivity contribution in [2.75, 3.05) is 10.6 Å². The molecular weight excluding hydrogens is 395 g/mol. The van der Waals surface area contributed by atoms with Gasteiger partial charge in [-0.15, -0.1) is 0 Å². The van der Waals surface area contributed by atoms with E-state index >= 15 is 0 Å². The van der Waals surface area contributed by atoms with Gasteiger partial charge >= 0.3 is 0 Å². The first-order valence-electron chi connectivity index (χ1n) is 8.73. The Morgan fingerprint density at radius 3 is 1.90 bits per heavy atom. The quantitative estimate of drug-likeness (QED) is 0.534. The van der Waals surface area contributed by atoms with Gasteiger partial charge in [-0.3, -0.25) is 9.59 Å². The lowest BCUT2D eigenvalue weighted by Crippen LogP contribution is -2.07. The largest absolute Gasteiger partial charge is 0.507 e. The molecule has 0 unspecified atom stereocenters. The minimum Gasteiger partial charge on any atom is -0.507 e. The molecule has 3 N–H and O–H groups in total. The standard InChI is InChI=1S/C22H18ClFN2O3/c1-12(27)25-20-8-6-14(10-18(20)23)16-4-3-5-17(22(16)29)15-7-9-21(19(24)11-15)26-13(2)28/h3-11,29H,1-2H3,(H,25,27)(H,26,28). The van der Waals surface area contributed by atoms with Crippen LogP contribution in [0.4, 0.5) is 15.8 Å². The van der Waals surface area contributed by atoms with Crippen molar-refractivity contribution in [2.45, 2.75) is 13.8 Å². The van der Waals surface area contributed by atoms with Crippen molar-refractivity contribution in [3.63, 3.8) is 0 Å². The number of hydrogen-bond acceptors (Lipinski definition) is 3. The average Bonchev–Trinajstić information content (AvgIpc) is 2.65. The molecule has 5 nitrogen and oxygen atoms in total. The molecule has 0 saturated carbocycles. The van der Waals surface area contributed by atoms with Gasteiger partial charge in [0.1, 0.15) is 11.6 Å². The molecule has 3 aromatic rings. The van der Waals surface area contributed by atoms with Crippen LogP contribution in [-0.2, 0) is 9.59 Å². The van der Waals surface area contributed by atoms with Gasteiger partial charge in [0.05, 0.1) is 16.4 Å². The fourth-order valence-corrected chi connectivity index (χ4v) is 3.18. The van der Waals surface area contributed by atoms with Gasteiger partial charge < -0.3 is 15.7 Å². The fraction of sp³-hybridized carbons (Fsp3) is 0.0909. The molecule has 2 amide bonds.